The van der Waals surface area contributed by atoms with Crippen molar-refractivity contribution in [3.05, 3.63) is 12.2 Å². The Bertz CT molecular complexity index is 900. The molecule has 0 saturated heterocycles. The summed E-state index contributed by atoms with van der Waals surface area (Å²) < 4.78 is 26.7. The van der Waals surface area contributed by atoms with Crippen LogP contribution in [0.2, 0.25) is 0 Å². The van der Waals surface area contributed by atoms with Crippen LogP contribution >= 0.6 is 7.82 Å². The topological polar surface area (TPSA) is 169 Å². The number of ether oxygens (including phenoxy) is 1. The first-order valence-corrected chi connectivity index (χ1v) is 20.7. The number of phosphoric ester groups is 1. The number of unbranched alkanes of at least 4 members (excludes halogenated alkanes) is 20. The molecule has 12 heteroatoms. The van der Waals surface area contributed by atoms with Gasteiger partial charge in [-0.05, 0) is 38.5 Å². The number of carboxylic acids is 1. The minimum Gasteiger partial charge on any atom is -0.480 e. The third kappa shape index (κ3) is 33.1. The average Bonchev–Trinajstić information content (AvgIpc) is 3.07. The number of aliphatic hydroxyl groups is 1. The van der Waals surface area contributed by atoms with Crippen molar-refractivity contribution in [2.45, 2.75) is 187 Å². The molecule has 4 N–H and O–H groups in total. The highest BCUT2D eigenvalue weighted by molar-refractivity contribution is 7.47. The van der Waals surface area contributed by atoms with Crippen LogP contribution in [0.1, 0.15) is 174 Å². The summed E-state index contributed by atoms with van der Waals surface area (Å²) in [6.07, 6.45) is 29.5. The lowest BCUT2D eigenvalue weighted by Crippen LogP contribution is -2.43. The van der Waals surface area contributed by atoms with Crippen LogP contribution in [0.5, 0.6) is 0 Å². The minimum atomic E-state index is -4.74. The van der Waals surface area contributed by atoms with Crippen LogP contribution in [0.4, 0.5) is 0 Å². The zero-order chi connectivity index (χ0) is 36.4. The largest absolute Gasteiger partial charge is 0.480 e. The standard InChI is InChI=1S/C37H70NO10P/c1-3-5-7-9-11-13-15-17-19-21-23-25-27-29-36(41)46-30-33(39)31-47-49(44,45)48-32-34(37(42)43)38-35(40)28-26-24-22-20-18-16-14-12-10-8-6-4-2/h13,15,33-34,39H,3-12,14,16-32H2,1-2H3,(H,38,40)(H,42,43)(H,44,45)/b15-13-. The van der Waals surface area contributed by atoms with Crippen LogP contribution in [0, 0.1) is 0 Å². The summed E-state index contributed by atoms with van der Waals surface area (Å²) >= 11 is 0. The number of rotatable bonds is 36. The number of nitrogens with one attached hydrogen (secondary N) is 1. The normalized spacial score (nSPS) is 14.0. The van der Waals surface area contributed by atoms with E-state index < -0.39 is 57.6 Å². The van der Waals surface area contributed by atoms with E-state index in [1.165, 1.54) is 77.0 Å². The lowest BCUT2D eigenvalue weighted by molar-refractivity contribution is -0.147. The van der Waals surface area contributed by atoms with E-state index in [-0.39, 0.29) is 12.8 Å². The van der Waals surface area contributed by atoms with Gasteiger partial charge >= 0.3 is 19.8 Å². The molecular weight excluding hydrogens is 649 g/mol. The zero-order valence-corrected chi connectivity index (χ0v) is 31.6. The molecule has 0 rings (SSSR count). The smallest absolute Gasteiger partial charge is 0.472 e. The van der Waals surface area contributed by atoms with Gasteiger partial charge < -0.3 is 25.2 Å². The third-order valence-corrected chi connectivity index (χ3v) is 9.26. The molecule has 0 aliphatic rings. The average molecular weight is 720 g/mol. The van der Waals surface area contributed by atoms with Crippen molar-refractivity contribution in [2.24, 2.45) is 0 Å². The number of aliphatic hydroxyl groups excluding tert-OH is 1. The molecule has 0 aliphatic heterocycles. The first-order chi connectivity index (χ1) is 23.6. The molecule has 1 amide bonds. The van der Waals surface area contributed by atoms with E-state index in [4.69, 9.17) is 13.8 Å². The predicted molar refractivity (Wildman–Crippen MR) is 194 cm³/mol. The number of carbonyl (C=O) groups excluding carboxylic acids is 2. The summed E-state index contributed by atoms with van der Waals surface area (Å²) in [7, 11) is -4.74. The number of esters is 1. The van der Waals surface area contributed by atoms with Gasteiger partial charge in [-0.15, -0.1) is 0 Å². The third-order valence-electron chi connectivity index (χ3n) is 8.30. The Balaban J connectivity index is 3.96. The van der Waals surface area contributed by atoms with E-state index >= 15 is 0 Å². The number of amides is 1. The second-order valence-electron chi connectivity index (χ2n) is 13.1. The van der Waals surface area contributed by atoms with Crippen LogP contribution in [-0.2, 0) is 32.7 Å². The molecule has 0 aromatic rings. The number of aliphatic carboxylic acids is 1. The summed E-state index contributed by atoms with van der Waals surface area (Å²) in [4.78, 5) is 45.6. The number of hydrogen-bond acceptors (Lipinski definition) is 8. The van der Waals surface area contributed by atoms with E-state index in [2.05, 4.69) is 31.3 Å². The fourth-order valence-electron chi connectivity index (χ4n) is 5.25. The molecule has 0 saturated carbocycles. The second kappa shape index (κ2) is 33.4. The van der Waals surface area contributed by atoms with Crippen molar-refractivity contribution in [3.63, 3.8) is 0 Å². The molecule has 0 bridgehead atoms. The van der Waals surface area contributed by atoms with Crippen molar-refractivity contribution < 1.29 is 47.8 Å². The van der Waals surface area contributed by atoms with Gasteiger partial charge in [-0.3, -0.25) is 18.6 Å². The van der Waals surface area contributed by atoms with Crippen molar-refractivity contribution in [1.29, 1.82) is 0 Å². The Morgan fingerprint density at radius 3 is 1.57 bits per heavy atom. The molecule has 0 heterocycles. The maximum Gasteiger partial charge on any atom is 0.472 e. The lowest BCUT2D eigenvalue weighted by Gasteiger charge is -2.18. The number of hydrogen-bond donors (Lipinski definition) is 4. The highest BCUT2D eigenvalue weighted by atomic mass is 31.2. The van der Waals surface area contributed by atoms with Crippen LogP contribution in [0.25, 0.3) is 0 Å². The van der Waals surface area contributed by atoms with Crippen molar-refractivity contribution in [2.75, 3.05) is 19.8 Å². The molecule has 3 unspecified atom stereocenters. The zero-order valence-electron chi connectivity index (χ0n) is 30.8. The van der Waals surface area contributed by atoms with Gasteiger partial charge in [0, 0.05) is 12.8 Å². The van der Waals surface area contributed by atoms with Gasteiger partial charge in [0.2, 0.25) is 5.91 Å². The SMILES string of the molecule is CCCCCC/C=C\CCCCCCCC(=O)OCC(O)COP(=O)(O)OCC(NC(=O)CCCCCCCCCCCCCC)C(=O)O. The van der Waals surface area contributed by atoms with Gasteiger partial charge in [0.1, 0.15) is 12.7 Å². The van der Waals surface area contributed by atoms with E-state index in [1.54, 1.807) is 0 Å². The van der Waals surface area contributed by atoms with Gasteiger partial charge in [0.05, 0.1) is 13.2 Å². The molecule has 0 aliphatic carbocycles. The first-order valence-electron chi connectivity index (χ1n) is 19.2. The summed E-state index contributed by atoms with van der Waals surface area (Å²) in [5, 5.41) is 21.7. The number of phosphoric acid groups is 1. The maximum absolute atomic E-state index is 12.2. The van der Waals surface area contributed by atoms with Gasteiger partial charge in [-0.2, -0.15) is 0 Å². The molecule has 49 heavy (non-hydrogen) atoms. The van der Waals surface area contributed by atoms with Crippen molar-refractivity contribution in [1.82, 2.24) is 5.32 Å². The van der Waals surface area contributed by atoms with E-state index in [0.717, 1.165) is 57.8 Å². The fourth-order valence-corrected chi connectivity index (χ4v) is 6.02. The quantitative estimate of drug-likeness (QED) is 0.0212. The van der Waals surface area contributed by atoms with Crippen LogP contribution < -0.4 is 5.32 Å². The summed E-state index contributed by atoms with van der Waals surface area (Å²) in [6, 6.07) is -1.54. The Morgan fingerprint density at radius 2 is 1.06 bits per heavy atom. The summed E-state index contributed by atoms with van der Waals surface area (Å²) in [6.45, 7) is 2.54. The Kier molecular flexibility index (Phi) is 32.2. The highest BCUT2D eigenvalue weighted by Crippen LogP contribution is 2.43. The van der Waals surface area contributed by atoms with Crippen LogP contribution in [-0.4, -0.2) is 64.9 Å². The first kappa shape index (κ1) is 47.2. The van der Waals surface area contributed by atoms with E-state index in [0.29, 0.717) is 12.8 Å². The molecule has 288 valence electrons. The van der Waals surface area contributed by atoms with E-state index in [9.17, 15) is 34.1 Å². The van der Waals surface area contributed by atoms with Crippen LogP contribution in [0.3, 0.4) is 0 Å². The van der Waals surface area contributed by atoms with Gasteiger partial charge in [-0.1, -0.05) is 135 Å². The summed E-state index contributed by atoms with van der Waals surface area (Å²) in [5.74, 6) is -2.38. The molecule has 0 fully saturated rings. The molecular formula is C37H70NO10P. The molecule has 0 spiro atoms. The van der Waals surface area contributed by atoms with Crippen molar-refractivity contribution >= 4 is 25.7 Å². The van der Waals surface area contributed by atoms with Crippen molar-refractivity contribution in [3.8, 4) is 0 Å². The monoisotopic (exact) mass is 719 g/mol. The van der Waals surface area contributed by atoms with Gasteiger partial charge in [0.15, 0.2) is 6.04 Å². The minimum absolute atomic E-state index is 0.149. The molecule has 3 atom stereocenters. The van der Waals surface area contributed by atoms with Gasteiger partial charge in [-0.25, -0.2) is 9.36 Å². The maximum atomic E-state index is 12.2. The Morgan fingerprint density at radius 1 is 0.633 bits per heavy atom. The van der Waals surface area contributed by atoms with Crippen LogP contribution in [0.15, 0.2) is 12.2 Å². The Labute approximate surface area is 296 Å². The molecule has 0 aromatic heterocycles. The molecule has 0 aromatic carbocycles. The molecule has 11 nitrogen and oxygen atoms in total. The fraction of sp³-hybridized carbons (Fsp3) is 0.865. The Hall–Kier alpha value is -1.78. The number of carboxylic acid groups (broad SMARTS) is 1. The number of allylic oxidation sites excluding steroid dienone is 2. The van der Waals surface area contributed by atoms with E-state index in [1.807, 2.05) is 0 Å². The highest BCUT2D eigenvalue weighted by Gasteiger charge is 2.28. The second-order valence-corrected chi connectivity index (χ2v) is 14.6. The summed E-state index contributed by atoms with van der Waals surface area (Å²) in [5.41, 5.74) is 0. The lowest BCUT2D eigenvalue weighted by atomic mass is 10.0. The predicted octanol–water partition coefficient (Wildman–Crippen LogP) is 8.94. The van der Waals surface area contributed by atoms with Gasteiger partial charge in [0.25, 0.3) is 0 Å². The number of carbonyl (C=O) groups is 3. The molecule has 0 radical (unpaired) electrons.